The predicted molar refractivity (Wildman–Crippen MR) is 139 cm³/mol. The standard InChI is InChI=1S/C30H28O8/c1-33-20-9-5-18(6-10-20)13-14-30-28(23(36-4)17-26(32)38-30)27(19-7-11-21(34-2)12-8-19)29(30)24-15-22(35-3)16-25(31)37-24/h5-17,27-29H,1-4H3/b14-13+/t27-,28+,29+,30+/m1/s1. The molecule has 0 spiro atoms. The molecule has 1 aliphatic heterocycles. The second-order valence-corrected chi connectivity index (χ2v) is 9.10. The first kappa shape index (κ1) is 25.2. The molecule has 5 rings (SSSR count). The average molecular weight is 517 g/mol. The van der Waals surface area contributed by atoms with Gasteiger partial charge in [0.2, 0.25) is 0 Å². The molecule has 1 aromatic heterocycles. The van der Waals surface area contributed by atoms with E-state index in [1.54, 1.807) is 20.3 Å². The molecule has 3 aromatic rings. The van der Waals surface area contributed by atoms with Crippen LogP contribution >= 0.6 is 0 Å². The van der Waals surface area contributed by atoms with E-state index < -0.39 is 23.1 Å². The largest absolute Gasteiger partial charge is 0.500 e. The van der Waals surface area contributed by atoms with Crippen molar-refractivity contribution in [2.24, 2.45) is 5.92 Å². The van der Waals surface area contributed by atoms with E-state index in [9.17, 15) is 9.59 Å². The van der Waals surface area contributed by atoms with Crippen molar-refractivity contribution in [1.82, 2.24) is 0 Å². The van der Waals surface area contributed by atoms with E-state index in [4.69, 9.17) is 28.1 Å². The maximum Gasteiger partial charge on any atom is 0.339 e. The summed E-state index contributed by atoms with van der Waals surface area (Å²) in [4.78, 5) is 25.3. The Bertz CT molecular complexity index is 1430. The first-order valence-corrected chi connectivity index (χ1v) is 12.1. The van der Waals surface area contributed by atoms with Gasteiger partial charge in [-0.3, -0.25) is 0 Å². The molecule has 4 atom stereocenters. The maximum absolute atomic E-state index is 12.9. The summed E-state index contributed by atoms with van der Waals surface area (Å²) in [6.45, 7) is 0. The summed E-state index contributed by atoms with van der Waals surface area (Å²) in [5, 5.41) is 0. The highest BCUT2D eigenvalue weighted by atomic mass is 16.6. The fraction of sp³-hybridized carbons (Fsp3) is 0.267. The third kappa shape index (κ3) is 4.32. The van der Waals surface area contributed by atoms with E-state index in [0.29, 0.717) is 23.0 Å². The van der Waals surface area contributed by atoms with Gasteiger partial charge < -0.3 is 28.1 Å². The van der Waals surface area contributed by atoms with Crippen molar-refractivity contribution in [2.75, 3.05) is 28.4 Å². The van der Waals surface area contributed by atoms with Crippen molar-refractivity contribution in [3.8, 4) is 17.2 Å². The highest BCUT2D eigenvalue weighted by Crippen LogP contribution is 2.66. The molecule has 1 saturated carbocycles. The van der Waals surface area contributed by atoms with Crippen LogP contribution in [0.5, 0.6) is 17.2 Å². The molecule has 38 heavy (non-hydrogen) atoms. The van der Waals surface area contributed by atoms with Gasteiger partial charge in [-0.05, 0) is 41.5 Å². The van der Waals surface area contributed by atoms with E-state index in [0.717, 1.165) is 16.9 Å². The summed E-state index contributed by atoms with van der Waals surface area (Å²) in [5.41, 5.74) is 0.0716. The minimum atomic E-state index is -1.19. The number of carbonyl (C=O) groups is 1. The van der Waals surface area contributed by atoms with Crippen LogP contribution < -0.4 is 19.8 Å². The normalized spacial score (nSPS) is 24.1. The Labute approximate surface area is 220 Å². The monoisotopic (exact) mass is 516 g/mol. The van der Waals surface area contributed by atoms with Gasteiger partial charge in [-0.1, -0.05) is 30.3 Å². The predicted octanol–water partition coefficient (Wildman–Crippen LogP) is 4.70. The number of ether oxygens (including phenoxy) is 5. The highest BCUT2D eigenvalue weighted by Gasteiger charge is 2.68. The Hall–Kier alpha value is -4.46. The minimum Gasteiger partial charge on any atom is -0.500 e. The summed E-state index contributed by atoms with van der Waals surface area (Å²) in [5.74, 6) is 0.894. The van der Waals surface area contributed by atoms with Gasteiger partial charge in [0.05, 0.1) is 52.4 Å². The van der Waals surface area contributed by atoms with Gasteiger partial charge in [0.15, 0.2) is 5.60 Å². The molecule has 0 bridgehead atoms. The van der Waals surface area contributed by atoms with Crippen LogP contribution in [-0.2, 0) is 14.3 Å². The molecule has 0 unspecified atom stereocenters. The fourth-order valence-electron chi connectivity index (χ4n) is 5.49. The lowest BCUT2D eigenvalue weighted by molar-refractivity contribution is -0.182. The van der Waals surface area contributed by atoms with Gasteiger partial charge >= 0.3 is 11.6 Å². The maximum atomic E-state index is 12.9. The molecule has 196 valence electrons. The van der Waals surface area contributed by atoms with Crippen LogP contribution in [0.25, 0.3) is 6.08 Å². The number of esters is 1. The van der Waals surface area contributed by atoms with E-state index in [1.165, 1.54) is 26.4 Å². The van der Waals surface area contributed by atoms with Gasteiger partial charge in [-0.25, -0.2) is 9.59 Å². The number of methoxy groups -OCH3 is 4. The molecule has 8 nitrogen and oxygen atoms in total. The van der Waals surface area contributed by atoms with Crippen molar-refractivity contribution in [2.45, 2.75) is 17.4 Å². The highest BCUT2D eigenvalue weighted by molar-refractivity contribution is 5.85. The Kier molecular flexibility index (Phi) is 6.72. The second kappa shape index (κ2) is 10.1. The van der Waals surface area contributed by atoms with Gasteiger partial charge in [0.1, 0.15) is 28.8 Å². The quantitative estimate of drug-likeness (QED) is 0.398. The van der Waals surface area contributed by atoms with Gasteiger partial charge in [0.25, 0.3) is 0 Å². The van der Waals surface area contributed by atoms with Crippen LogP contribution in [0.3, 0.4) is 0 Å². The fourth-order valence-corrected chi connectivity index (χ4v) is 5.49. The number of rotatable bonds is 8. The third-order valence-corrected chi connectivity index (χ3v) is 7.23. The average Bonchev–Trinajstić information content (AvgIpc) is 2.93. The van der Waals surface area contributed by atoms with E-state index in [-0.39, 0.29) is 11.8 Å². The van der Waals surface area contributed by atoms with E-state index in [2.05, 4.69) is 0 Å². The summed E-state index contributed by atoms with van der Waals surface area (Å²) >= 11 is 0. The van der Waals surface area contributed by atoms with Crippen molar-refractivity contribution in [3.63, 3.8) is 0 Å². The Morgan fingerprint density at radius 3 is 2.00 bits per heavy atom. The van der Waals surface area contributed by atoms with Gasteiger partial charge in [-0.2, -0.15) is 0 Å². The van der Waals surface area contributed by atoms with Gasteiger partial charge in [-0.15, -0.1) is 0 Å². The lowest BCUT2D eigenvalue weighted by Crippen LogP contribution is -2.63. The number of fused-ring (bicyclic) bond motifs is 1. The Morgan fingerprint density at radius 2 is 1.39 bits per heavy atom. The zero-order chi connectivity index (χ0) is 26.9. The molecule has 2 aromatic carbocycles. The smallest absolute Gasteiger partial charge is 0.339 e. The zero-order valence-electron chi connectivity index (χ0n) is 21.5. The topological polar surface area (TPSA) is 93.4 Å². The summed E-state index contributed by atoms with van der Waals surface area (Å²) in [6, 6.07) is 18.1. The third-order valence-electron chi connectivity index (χ3n) is 7.23. The molecule has 0 amide bonds. The summed E-state index contributed by atoms with van der Waals surface area (Å²) < 4.78 is 33.5. The van der Waals surface area contributed by atoms with Crippen molar-refractivity contribution in [1.29, 1.82) is 0 Å². The van der Waals surface area contributed by atoms with Crippen LogP contribution in [0.1, 0.15) is 28.7 Å². The van der Waals surface area contributed by atoms with Crippen LogP contribution in [0.15, 0.2) is 87.8 Å². The Balaban J connectivity index is 1.69. The number of hydrogen-bond acceptors (Lipinski definition) is 8. The molecule has 2 aliphatic rings. The van der Waals surface area contributed by atoms with E-state index >= 15 is 0 Å². The van der Waals surface area contributed by atoms with Gasteiger partial charge in [0, 0.05) is 12.0 Å². The molecule has 2 heterocycles. The minimum absolute atomic E-state index is 0.254. The molecule has 1 fully saturated rings. The summed E-state index contributed by atoms with van der Waals surface area (Å²) in [6.07, 6.45) is 5.11. The van der Waals surface area contributed by atoms with Crippen LogP contribution in [0.4, 0.5) is 0 Å². The first-order valence-electron chi connectivity index (χ1n) is 12.1. The van der Waals surface area contributed by atoms with Crippen LogP contribution in [-0.4, -0.2) is 40.0 Å². The van der Waals surface area contributed by atoms with E-state index in [1.807, 2.05) is 60.7 Å². The molecule has 0 N–H and O–H groups in total. The zero-order valence-corrected chi connectivity index (χ0v) is 21.5. The Morgan fingerprint density at radius 1 is 0.763 bits per heavy atom. The molecule has 0 radical (unpaired) electrons. The number of benzene rings is 2. The summed E-state index contributed by atoms with van der Waals surface area (Å²) in [7, 11) is 6.23. The van der Waals surface area contributed by atoms with Crippen molar-refractivity contribution < 1.29 is 32.9 Å². The second-order valence-electron chi connectivity index (χ2n) is 9.10. The molecule has 1 aliphatic carbocycles. The molecular weight excluding hydrogens is 488 g/mol. The molecular formula is C30H28O8. The SMILES string of the molecule is COC1=CC(=O)O[C@@]2(/C=C/c3ccc(OC)cc3)[C@@H]1[C@@H](c1ccc(OC)cc1)[C@@H]2c1cc(OC)cc(=O)o1. The lowest BCUT2D eigenvalue weighted by atomic mass is 9.49. The molecule has 0 saturated heterocycles. The molecule has 8 heteroatoms. The van der Waals surface area contributed by atoms with Crippen molar-refractivity contribution in [3.05, 3.63) is 106 Å². The lowest BCUT2D eigenvalue weighted by Gasteiger charge is -2.59. The number of hydrogen-bond donors (Lipinski definition) is 0. The first-order chi connectivity index (χ1) is 18.4. The van der Waals surface area contributed by atoms with Crippen LogP contribution in [0.2, 0.25) is 0 Å². The number of carbonyl (C=O) groups excluding carboxylic acids is 1. The van der Waals surface area contributed by atoms with Crippen molar-refractivity contribution >= 4 is 12.0 Å². The van der Waals surface area contributed by atoms with Crippen LogP contribution in [0, 0.1) is 5.92 Å².